The summed E-state index contributed by atoms with van der Waals surface area (Å²) in [6, 6.07) is 17.8. The second-order valence-electron chi connectivity index (χ2n) is 9.33. The molecule has 1 spiro atoms. The van der Waals surface area contributed by atoms with E-state index in [1.54, 1.807) is 6.07 Å². The molecule has 3 aromatic rings. The number of benzene rings is 2. The molecule has 0 radical (unpaired) electrons. The average Bonchev–Trinajstić information content (AvgIpc) is 3.45. The topological polar surface area (TPSA) is 92.5 Å². The third kappa shape index (κ3) is 4.57. The molecule has 2 aliphatic rings. The van der Waals surface area contributed by atoms with Crippen LogP contribution in [0.5, 0.6) is 0 Å². The Morgan fingerprint density at radius 2 is 1.83 bits per heavy atom. The first kappa shape index (κ1) is 23.5. The summed E-state index contributed by atoms with van der Waals surface area (Å²) in [5.74, 6) is 0.189. The number of carbonyl (C=O) groups excluding carboxylic acids is 2. The molecule has 1 amide bonds. The maximum absolute atomic E-state index is 13.1. The number of aliphatic hydroxyl groups excluding tert-OH is 1. The number of piperidine rings is 1. The number of amides is 1. The van der Waals surface area contributed by atoms with E-state index in [2.05, 4.69) is 17.0 Å². The van der Waals surface area contributed by atoms with Gasteiger partial charge in [0, 0.05) is 19.5 Å². The van der Waals surface area contributed by atoms with Crippen molar-refractivity contribution in [3.63, 3.8) is 0 Å². The molecule has 3 heterocycles. The molecule has 1 aromatic heterocycles. The lowest BCUT2D eigenvalue weighted by molar-refractivity contribution is -0.229. The van der Waals surface area contributed by atoms with Crippen LogP contribution in [0.2, 0.25) is 0 Å². The van der Waals surface area contributed by atoms with Crippen molar-refractivity contribution in [1.29, 1.82) is 0 Å². The monoisotopic (exact) mass is 478 g/mol. The summed E-state index contributed by atoms with van der Waals surface area (Å²) in [4.78, 5) is 34.1. The van der Waals surface area contributed by atoms with E-state index in [1.807, 2.05) is 36.4 Å². The van der Waals surface area contributed by atoms with Crippen LogP contribution in [0.15, 0.2) is 59.0 Å². The number of ether oxygens (including phenoxy) is 1. The van der Waals surface area contributed by atoms with E-state index in [1.165, 1.54) is 12.2 Å². The standard InChI is InChI=1S/C27H30N2O6/c1-33-26(32)24-15-25(31)29(34-18-19-6-7-20-4-2-3-5-21(20)14-19)27(24)10-12-28(13-11-27)16-22-8-9-23(17-30)35-22/h2-9,14,24,30H,10-13,15-18H2,1H3/t24-/m1/s1. The number of aliphatic hydroxyl groups is 1. The van der Waals surface area contributed by atoms with Gasteiger partial charge in [-0.05, 0) is 47.4 Å². The number of hydroxylamine groups is 2. The Balaban J connectivity index is 1.32. The Morgan fingerprint density at radius 1 is 1.09 bits per heavy atom. The molecule has 0 unspecified atom stereocenters. The van der Waals surface area contributed by atoms with Crippen molar-refractivity contribution in [1.82, 2.24) is 9.96 Å². The Hall–Kier alpha value is -3.20. The Bertz CT molecular complexity index is 1210. The second kappa shape index (κ2) is 9.81. The predicted octanol–water partition coefficient (Wildman–Crippen LogP) is 3.41. The maximum Gasteiger partial charge on any atom is 0.311 e. The molecule has 184 valence electrons. The molecule has 0 bridgehead atoms. The number of hydrogen-bond acceptors (Lipinski definition) is 7. The molecule has 2 aliphatic heterocycles. The summed E-state index contributed by atoms with van der Waals surface area (Å²) < 4.78 is 10.7. The predicted molar refractivity (Wildman–Crippen MR) is 128 cm³/mol. The lowest BCUT2D eigenvalue weighted by Gasteiger charge is -2.45. The van der Waals surface area contributed by atoms with E-state index in [4.69, 9.17) is 14.0 Å². The highest BCUT2D eigenvalue weighted by atomic mass is 16.7. The van der Waals surface area contributed by atoms with E-state index in [9.17, 15) is 14.7 Å². The third-order valence-corrected chi connectivity index (χ3v) is 7.29. The van der Waals surface area contributed by atoms with Gasteiger partial charge in [0.1, 0.15) is 24.7 Å². The van der Waals surface area contributed by atoms with Crippen LogP contribution in [-0.4, -0.2) is 52.7 Å². The SMILES string of the molecule is COC(=O)[C@H]1CC(=O)N(OCc2ccc3ccccc3c2)C12CCN(Cc1ccc(CO)o1)CC2. The molecule has 2 saturated heterocycles. The Kier molecular flexibility index (Phi) is 6.60. The number of carbonyl (C=O) groups is 2. The molecular formula is C27H30N2O6. The van der Waals surface area contributed by atoms with E-state index in [0.717, 1.165) is 22.1 Å². The van der Waals surface area contributed by atoms with Crippen LogP contribution < -0.4 is 0 Å². The van der Waals surface area contributed by atoms with Crippen LogP contribution in [0.1, 0.15) is 36.3 Å². The zero-order valence-electron chi connectivity index (χ0n) is 19.8. The number of rotatable bonds is 7. The van der Waals surface area contributed by atoms with Gasteiger partial charge in [-0.2, -0.15) is 0 Å². The van der Waals surface area contributed by atoms with E-state index in [-0.39, 0.29) is 31.5 Å². The van der Waals surface area contributed by atoms with Gasteiger partial charge in [0.2, 0.25) is 5.91 Å². The Labute approximate surface area is 204 Å². The van der Waals surface area contributed by atoms with Gasteiger partial charge in [0.05, 0.1) is 25.1 Å². The second-order valence-corrected chi connectivity index (χ2v) is 9.33. The summed E-state index contributed by atoms with van der Waals surface area (Å²) in [5.41, 5.74) is 0.222. The van der Waals surface area contributed by atoms with Crippen LogP contribution in [0.25, 0.3) is 10.8 Å². The molecule has 5 rings (SSSR count). The highest BCUT2D eigenvalue weighted by Crippen LogP contribution is 2.45. The summed E-state index contributed by atoms with van der Waals surface area (Å²) in [5, 5.41) is 13.0. The lowest BCUT2D eigenvalue weighted by Crippen LogP contribution is -2.57. The quantitative estimate of drug-likeness (QED) is 0.520. The summed E-state index contributed by atoms with van der Waals surface area (Å²) >= 11 is 0. The molecule has 35 heavy (non-hydrogen) atoms. The first-order valence-electron chi connectivity index (χ1n) is 11.9. The van der Waals surface area contributed by atoms with Gasteiger partial charge in [-0.3, -0.25) is 19.3 Å². The van der Waals surface area contributed by atoms with E-state index in [0.29, 0.717) is 38.2 Å². The molecule has 2 aromatic carbocycles. The van der Waals surface area contributed by atoms with Gasteiger partial charge in [0.15, 0.2) is 0 Å². The maximum atomic E-state index is 13.1. The van der Waals surface area contributed by atoms with Crippen LogP contribution in [-0.2, 0) is 38.9 Å². The fraction of sp³-hybridized carbons (Fsp3) is 0.407. The summed E-state index contributed by atoms with van der Waals surface area (Å²) in [6.45, 7) is 2.06. The number of nitrogens with zero attached hydrogens (tertiary/aromatic N) is 2. The highest BCUT2D eigenvalue weighted by molar-refractivity contribution is 5.88. The van der Waals surface area contributed by atoms with Gasteiger partial charge in [0.25, 0.3) is 0 Å². The molecule has 0 saturated carbocycles. The highest BCUT2D eigenvalue weighted by Gasteiger charge is 2.58. The third-order valence-electron chi connectivity index (χ3n) is 7.29. The molecule has 0 aliphatic carbocycles. The van der Waals surface area contributed by atoms with Crippen molar-refractivity contribution in [2.45, 2.75) is 44.6 Å². The largest absolute Gasteiger partial charge is 0.469 e. The number of esters is 1. The number of methoxy groups -OCH3 is 1. The lowest BCUT2D eigenvalue weighted by atomic mass is 9.77. The van der Waals surface area contributed by atoms with Crippen LogP contribution in [0.4, 0.5) is 0 Å². The zero-order valence-corrected chi connectivity index (χ0v) is 19.8. The van der Waals surface area contributed by atoms with Crippen LogP contribution >= 0.6 is 0 Å². The van der Waals surface area contributed by atoms with E-state index < -0.39 is 11.5 Å². The number of fused-ring (bicyclic) bond motifs is 1. The van der Waals surface area contributed by atoms with Gasteiger partial charge in [-0.25, -0.2) is 5.06 Å². The van der Waals surface area contributed by atoms with Crippen molar-refractivity contribution in [2.24, 2.45) is 5.92 Å². The molecule has 2 fully saturated rings. The molecular weight excluding hydrogens is 448 g/mol. The number of hydrogen-bond donors (Lipinski definition) is 1. The van der Waals surface area contributed by atoms with Crippen LogP contribution in [0, 0.1) is 5.92 Å². The van der Waals surface area contributed by atoms with Gasteiger partial charge >= 0.3 is 5.97 Å². The first-order valence-corrected chi connectivity index (χ1v) is 11.9. The van der Waals surface area contributed by atoms with Crippen molar-refractivity contribution >= 4 is 22.6 Å². The molecule has 8 nitrogen and oxygen atoms in total. The smallest absolute Gasteiger partial charge is 0.311 e. The van der Waals surface area contributed by atoms with Crippen LogP contribution in [0.3, 0.4) is 0 Å². The minimum atomic E-state index is -0.739. The molecule has 1 atom stereocenters. The summed E-state index contributed by atoms with van der Waals surface area (Å²) in [6.07, 6.45) is 1.26. The number of furan rings is 1. The van der Waals surface area contributed by atoms with Gasteiger partial charge in [-0.1, -0.05) is 36.4 Å². The van der Waals surface area contributed by atoms with Gasteiger partial charge < -0.3 is 14.3 Å². The average molecular weight is 479 g/mol. The first-order chi connectivity index (χ1) is 17.0. The minimum Gasteiger partial charge on any atom is -0.469 e. The minimum absolute atomic E-state index is 0.0858. The molecule has 1 N–H and O–H groups in total. The summed E-state index contributed by atoms with van der Waals surface area (Å²) in [7, 11) is 1.36. The fourth-order valence-corrected chi connectivity index (χ4v) is 5.41. The zero-order chi connectivity index (χ0) is 24.4. The normalized spacial score (nSPS) is 20.1. The van der Waals surface area contributed by atoms with E-state index >= 15 is 0 Å². The van der Waals surface area contributed by atoms with Gasteiger partial charge in [-0.15, -0.1) is 0 Å². The molecule has 8 heteroatoms. The van der Waals surface area contributed by atoms with Crippen molar-refractivity contribution < 1.29 is 28.7 Å². The number of likely N-dealkylation sites (tertiary alicyclic amines) is 1. The van der Waals surface area contributed by atoms with Crippen molar-refractivity contribution in [3.8, 4) is 0 Å². The Morgan fingerprint density at radius 3 is 2.54 bits per heavy atom. The fourth-order valence-electron chi connectivity index (χ4n) is 5.41. The van der Waals surface area contributed by atoms with Crippen molar-refractivity contribution in [2.75, 3.05) is 20.2 Å². The van der Waals surface area contributed by atoms with Crippen molar-refractivity contribution in [3.05, 3.63) is 71.7 Å².